The van der Waals surface area contributed by atoms with Crippen molar-refractivity contribution in [1.29, 1.82) is 0 Å². The molecule has 1 fully saturated rings. The van der Waals surface area contributed by atoms with Gasteiger partial charge in [0.1, 0.15) is 22.9 Å². The lowest BCUT2D eigenvalue weighted by molar-refractivity contribution is -0.141. The van der Waals surface area contributed by atoms with E-state index in [0.29, 0.717) is 29.8 Å². The van der Waals surface area contributed by atoms with Crippen LogP contribution < -0.4 is 20.3 Å². The Labute approximate surface area is 187 Å². The number of amides is 1. The van der Waals surface area contributed by atoms with Crippen molar-refractivity contribution in [3.8, 4) is 5.75 Å². The van der Waals surface area contributed by atoms with Gasteiger partial charge in [-0.3, -0.25) is 4.79 Å². The van der Waals surface area contributed by atoms with Gasteiger partial charge in [-0.1, -0.05) is 6.58 Å². The largest absolute Gasteiger partial charge is 0.510 e. The van der Waals surface area contributed by atoms with Gasteiger partial charge in [-0.25, -0.2) is 9.97 Å². The minimum Gasteiger partial charge on any atom is -0.510 e. The second kappa shape index (κ2) is 8.41. The normalized spacial score (nSPS) is 22.2. The number of aliphatic hydroxyl groups is 1. The molecule has 1 aliphatic heterocycles. The molecule has 0 bridgehead atoms. The number of aryl methyl sites for hydroxylation is 1. The van der Waals surface area contributed by atoms with Crippen LogP contribution in [0.3, 0.4) is 0 Å². The number of fused-ring (bicyclic) bond motifs is 1. The Morgan fingerprint density at radius 1 is 1.36 bits per heavy atom. The number of carbonyl (C=O) groups excluding carboxylic acids is 1. The van der Waals surface area contributed by atoms with Crippen molar-refractivity contribution in [2.45, 2.75) is 38.0 Å². The van der Waals surface area contributed by atoms with E-state index in [1.807, 2.05) is 0 Å². The third-order valence-electron chi connectivity index (χ3n) is 5.69. The highest BCUT2D eigenvalue weighted by Gasteiger charge is 2.36. The fraction of sp³-hybridized carbons (Fsp3) is 0.429. The number of nitrogens with one attached hydrogen (secondary N) is 2. The number of hydrogen-bond donors (Lipinski definition) is 3. The molecule has 2 aliphatic rings. The number of rotatable bonds is 6. The third kappa shape index (κ3) is 4.64. The lowest BCUT2D eigenvalue weighted by Crippen LogP contribution is -2.48. The summed E-state index contributed by atoms with van der Waals surface area (Å²) in [6.45, 7) is 5.58. The molecule has 3 N–H and O–H groups in total. The van der Waals surface area contributed by atoms with E-state index in [-0.39, 0.29) is 23.5 Å². The average molecular weight is 464 g/mol. The predicted octanol–water partition coefficient (Wildman–Crippen LogP) is 3.30. The Balaban J connectivity index is 1.32. The first kappa shape index (κ1) is 22.6. The highest BCUT2D eigenvalue weighted by molar-refractivity contribution is 6.04. The standard InChI is InChI=1S/C21H23F3N6O3/c1-10-16-18(30(3)17(11(2)31)19(32)28-16)29-20(26-10)27-13-6-12(7-13)9-33-14-4-5-15(25-8-14)21(22,23)24/h4-5,8,12-13,17,31H,2,6-7,9H2,1,3H3,(H,28,32)(H,26,27,29)/t12?,13?,17-/m0/s1. The number of carbonyl (C=O) groups is 1. The summed E-state index contributed by atoms with van der Waals surface area (Å²) in [6, 6.07) is 1.32. The molecule has 1 aliphatic carbocycles. The fourth-order valence-corrected chi connectivity index (χ4v) is 3.91. The number of anilines is 3. The molecule has 0 aromatic carbocycles. The Morgan fingerprint density at radius 2 is 2.09 bits per heavy atom. The van der Waals surface area contributed by atoms with Crippen molar-refractivity contribution in [3.63, 3.8) is 0 Å². The summed E-state index contributed by atoms with van der Waals surface area (Å²) in [6.07, 6.45) is -1.85. The Hall–Kier alpha value is -3.57. The molecule has 0 spiro atoms. The van der Waals surface area contributed by atoms with Crippen LogP contribution >= 0.6 is 0 Å². The summed E-state index contributed by atoms with van der Waals surface area (Å²) in [5, 5.41) is 15.7. The van der Waals surface area contributed by atoms with Crippen LogP contribution in [-0.4, -0.2) is 51.7 Å². The fourth-order valence-electron chi connectivity index (χ4n) is 3.91. The van der Waals surface area contributed by atoms with Gasteiger partial charge in [0.05, 0.1) is 18.5 Å². The second-order valence-electron chi connectivity index (χ2n) is 8.19. The zero-order chi connectivity index (χ0) is 23.9. The van der Waals surface area contributed by atoms with E-state index in [9.17, 15) is 23.1 Å². The molecular formula is C21H23F3N6O3. The monoisotopic (exact) mass is 464 g/mol. The van der Waals surface area contributed by atoms with Crippen molar-refractivity contribution < 1.29 is 27.8 Å². The number of aliphatic hydroxyl groups excluding tert-OH is 1. The topological polar surface area (TPSA) is 112 Å². The van der Waals surface area contributed by atoms with Crippen LogP contribution in [0.5, 0.6) is 5.75 Å². The smallest absolute Gasteiger partial charge is 0.433 e. The minimum absolute atomic E-state index is 0.105. The maximum Gasteiger partial charge on any atom is 0.433 e. The van der Waals surface area contributed by atoms with E-state index < -0.39 is 23.8 Å². The zero-order valence-electron chi connectivity index (χ0n) is 18.0. The average Bonchev–Trinajstić information content (AvgIpc) is 2.70. The van der Waals surface area contributed by atoms with E-state index in [2.05, 4.69) is 32.2 Å². The molecule has 0 unspecified atom stereocenters. The molecular weight excluding hydrogens is 441 g/mol. The molecule has 176 valence electrons. The summed E-state index contributed by atoms with van der Waals surface area (Å²) in [5.41, 5.74) is 0.109. The van der Waals surface area contributed by atoms with Crippen molar-refractivity contribution in [2.24, 2.45) is 5.92 Å². The maximum atomic E-state index is 12.6. The van der Waals surface area contributed by atoms with Crippen LogP contribution in [0.1, 0.15) is 24.2 Å². The van der Waals surface area contributed by atoms with Gasteiger partial charge in [0.15, 0.2) is 11.9 Å². The molecule has 3 heterocycles. The van der Waals surface area contributed by atoms with E-state index in [1.54, 1.807) is 18.9 Å². The van der Waals surface area contributed by atoms with Gasteiger partial charge in [0, 0.05) is 13.1 Å². The Kier molecular flexibility index (Phi) is 5.76. The van der Waals surface area contributed by atoms with Crippen molar-refractivity contribution in [2.75, 3.05) is 29.2 Å². The van der Waals surface area contributed by atoms with Crippen molar-refractivity contribution >= 4 is 23.4 Å². The van der Waals surface area contributed by atoms with Gasteiger partial charge < -0.3 is 25.4 Å². The van der Waals surface area contributed by atoms with Gasteiger partial charge in [0.2, 0.25) is 5.95 Å². The summed E-state index contributed by atoms with van der Waals surface area (Å²) in [7, 11) is 1.65. The second-order valence-corrected chi connectivity index (χ2v) is 8.19. The summed E-state index contributed by atoms with van der Waals surface area (Å²) < 4.78 is 43.3. The lowest BCUT2D eigenvalue weighted by atomic mass is 9.81. The lowest BCUT2D eigenvalue weighted by Gasteiger charge is -2.37. The van der Waals surface area contributed by atoms with Gasteiger partial charge >= 0.3 is 6.18 Å². The Bertz CT molecular complexity index is 1070. The van der Waals surface area contributed by atoms with Gasteiger partial charge in [-0.05, 0) is 37.8 Å². The maximum absolute atomic E-state index is 12.6. The molecule has 2 aromatic heterocycles. The van der Waals surface area contributed by atoms with Gasteiger partial charge in [-0.15, -0.1) is 0 Å². The molecule has 33 heavy (non-hydrogen) atoms. The van der Waals surface area contributed by atoms with Crippen molar-refractivity contribution in [1.82, 2.24) is 15.0 Å². The molecule has 0 saturated heterocycles. The van der Waals surface area contributed by atoms with Gasteiger partial charge in [0.25, 0.3) is 5.91 Å². The molecule has 9 nitrogen and oxygen atoms in total. The van der Waals surface area contributed by atoms with Crippen LogP contribution in [0.15, 0.2) is 30.7 Å². The first-order valence-corrected chi connectivity index (χ1v) is 10.3. The number of halogens is 3. The molecule has 4 rings (SSSR count). The minimum atomic E-state index is -4.48. The summed E-state index contributed by atoms with van der Waals surface area (Å²) >= 11 is 0. The van der Waals surface area contributed by atoms with Crippen LogP contribution in [-0.2, 0) is 11.0 Å². The molecule has 0 radical (unpaired) electrons. The predicted molar refractivity (Wildman–Crippen MR) is 114 cm³/mol. The number of nitrogens with zero attached hydrogens (tertiary/aromatic N) is 4. The molecule has 1 atom stereocenters. The molecule has 1 amide bonds. The number of ether oxygens (including phenoxy) is 1. The van der Waals surface area contributed by atoms with Gasteiger partial charge in [-0.2, -0.15) is 18.2 Å². The molecule has 1 saturated carbocycles. The number of aromatic nitrogens is 3. The number of likely N-dealkylation sites (N-methyl/N-ethyl adjacent to an activating group) is 1. The number of pyridine rings is 1. The highest BCUT2D eigenvalue weighted by Crippen LogP contribution is 2.35. The summed E-state index contributed by atoms with van der Waals surface area (Å²) in [4.78, 5) is 26.1. The highest BCUT2D eigenvalue weighted by atomic mass is 19.4. The van der Waals surface area contributed by atoms with E-state index >= 15 is 0 Å². The van der Waals surface area contributed by atoms with Crippen LogP contribution in [0.2, 0.25) is 0 Å². The van der Waals surface area contributed by atoms with E-state index in [1.165, 1.54) is 6.07 Å². The van der Waals surface area contributed by atoms with Crippen molar-refractivity contribution in [3.05, 3.63) is 42.1 Å². The van der Waals surface area contributed by atoms with Crippen LogP contribution in [0.25, 0.3) is 0 Å². The summed E-state index contributed by atoms with van der Waals surface area (Å²) in [5.74, 6) is 0.698. The molecule has 2 aromatic rings. The quantitative estimate of drug-likeness (QED) is 0.559. The van der Waals surface area contributed by atoms with E-state index in [0.717, 1.165) is 25.1 Å². The SMILES string of the molecule is C=C(O)[C@H]1C(=O)Nc2c(C)nc(NC3CC(COc4ccc(C(F)(F)F)nc4)C3)nc2N1C. The molecule has 12 heteroatoms. The first-order valence-electron chi connectivity index (χ1n) is 10.3. The number of alkyl halides is 3. The number of hydrogen-bond acceptors (Lipinski definition) is 8. The van der Waals surface area contributed by atoms with Crippen LogP contribution in [0, 0.1) is 12.8 Å². The first-order chi connectivity index (χ1) is 15.5. The van der Waals surface area contributed by atoms with Crippen LogP contribution in [0.4, 0.5) is 30.6 Å². The van der Waals surface area contributed by atoms with E-state index in [4.69, 9.17) is 4.74 Å². The third-order valence-corrected chi connectivity index (χ3v) is 5.69. The Morgan fingerprint density at radius 3 is 2.70 bits per heavy atom. The zero-order valence-corrected chi connectivity index (χ0v) is 18.0.